The highest BCUT2D eigenvalue weighted by Gasteiger charge is 2.19. The van der Waals surface area contributed by atoms with Gasteiger partial charge >= 0.3 is 0 Å². The van der Waals surface area contributed by atoms with Crippen molar-refractivity contribution in [2.75, 3.05) is 20.2 Å². The Morgan fingerprint density at radius 2 is 1.82 bits per heavy atom. The molecule has 0 aliphatic carbocycles. The third-order valence-electron chi connectivity index (χ3n) is 5.11. The van der Waals surface area contributed by atoms with Gasteiger partial charge in [0, 0.05) is 18.4 Å². The minimum absolute atomic E-state index is 0.197. The molecule has 0 atom stereocenters. The first kappa shape index (κ1) is 20.4. The Balaban J connectivity index is 1.78. The van der Waals surface area contributed by atoms with Crippen LogP contribution in [0.2, 0.25) is 0 Å². The van der Waals surface area contributed by atoms with E-state index in [0.717, 1.165) is 29.0 Å². The van der Waals surface area contributed by atoms with Gasteiger partial charge in [-0.25, -0.2) is 0 Å². The number of sulfonamides is 1. The normalized spacial score (nSPS) is 15.6. The van der Waals surface area contributed by atoms with Crippen LogP contribution < -0.4 is 14.5 Å². The smallest absolute Gasteiger partial charge is 0.276 e. The van der Waals surface area contributed by atoms with Crippen molar-refractivity contribution < 1.29 is 18.1 Å². The number of methoxy groups -OCH3 is 1. The highest BCUT2D eigenvalue weighted by atomic mass is 32.2. The number of likely N-dealkylation sites (tertiary alicyclic amines) is 1. The zero-order chi connectivity index (χ0) is 20.1. The van der Waals surface area contributed by atoms with Gasteiger partial charge in [-0.3, -0.25) is 0 Å². The lowest BCUT2D eigenvalue weighted by molar-refractivity contribution is -0.901. The van der Waals surface area contributed by atoms with Gasteiger partial charge in [-0.15, -0.1) is 0 Å². The quantitative estimate of drug-likeness (QED) is 0.549. The third-order valence-corrected chi connectivity index (χ3v) is 6.34. The Morgan fingerprint density at radius 1 is 1.14 bits per heavy atom. The maximum absolute atomic E-state index is 12.4. The zero-order valence-corrected chi connectivity index (χ0v) is 17.5. The molecule has 0 unspecified atom stereocenters. The van der Waals surface area contributed by atoms with E-state index in [9.17, 15) is 8.42 Å². The highest BCUT2D eigenvalue weighted by molar-refractivity contribution is 7.89. The van der Waals surface area contributed by atoms with Gasteiger partial charge in [-0.2, -0.15) is 18.4 Å². The summed E-state index contributed by atoms with van der Waals surface area (Å²) in [5.74, 6) is 0.858. The fourth-order valence-electron chi connectivity index (χ4n) is 3.43. The number of nitrogens with zero attached hydrogens (tertiary/aromatic N) is 1. The van der Waals surface area contributed by atoms with Crippen molar-refractivity contribution in [1.82, 2.24) is 4.83 Å². The van der Waals surface area contributed by atoms with Crippen LogP contribution in [0.4, 0.5) is 0 Å². The van der Waals surface area contributed by atoms with Crippen molar-refractivity contribution in [2.45, 2.75) is 38.1 Å². The predicted octanol–water partition coefficient (Wildman–Crippen LogP) is 1.88. The molecule has 0 bridgehead atoms. The average molecular weight is 403 g/mol. The molecule has 1 aliphatic heterocycles. The van der Waals surface area contributed by atoms with Crippen molar-refractivity contribution in [1.29, 1.82) is 0 Å². The summed E-state index contributed by atoms with van der Waals surface area (Å²) >= 11 is 0. The molecule has 1 aliphatic rings. The van der Waals surface area contributed by atoms with E-state index < -0.39 is 10.0 Å². The number of quaternary nitrogens is 1. The summed E-state index contributed by atoms with van der Waals surface area (Å²) in [6, 6.07) is 12.6. The standard InChI is InChI=1S/C21H27N3O3S/c1-16-6-9-20(10-7-16)28(25,26)23-22-17(2)18-8-11-21(27-3)19(14-18)15-24-12-4-5-13-24/h6-11,14,23H,4-5,12-13,15H2,1-3H3/p+1/b22-17-. The van der Waals surface area contributed by atoms with Gasteiger partial charge in [0.1, 0.15) is 12.3 Å². The lowest BCUT2D eigenvalue weighted by Crippen LogP contribution is -3.08. The SMILES string of the molecule is COc1ccc(/C(C)=N\NS(=O)(=O)c2ccc(C)cc2)cc1C[NH+]1CCCC1. The Labute approximate surface area is 167 Å². The lowest BCUT2D eigenvalue weighted by Gasteiger charge is -2.15. The second-order valence-corrected chi connectivity index (χ2v) is 8.93. The van der Waals surface area contributed by atoms with Crippen LogP contribution in [0.15, 0.2) is 52.5 Å². The number of hydrogen-bond acceptors (Lipinski definition) is 4. The summed E-state index contributed by atoms with van der Waals surface area (Å²) in [5.41, 5.74) is 3.61. The van der Waals surface area contributed by atoms with Crippen LogP contribution in [0.3, 0.4) is 0 Å². The van der Waals surface area contributed by atoms with Gasteiger partial charge in [-0.1, -0.05) is 17.7 Å². The van der Waals surface area contributed by atoms with Crippen LogP contribution in [0.5, 0.6) is 5.75 Å². The summed E-state index contributed by atoms with van der Waals surface area (Å²) in [6.45, 7) is 6.97. The Bertz CT molecular complexity index is 947. The summed E-state index contributed by atoms with van der Waals surface area (Å²) in [6.07, 6.45) is 2.53. The number of ether oxygens (including phenoxy) is 1. The highest BCUT2D eigenvalue weighted by Crippen LogP contribution is 2.20. The molecule has 150 valence electrons. The number of nitrogens with one attached hydrogen (secondary N) is 2. The van der Waals surface area contributed by atoms with E-state index in [4.69, 9.17) is 4.74 Å². The van der Waals surface area contributed by atoms with E-state index in [2.05, 4.69) is 9.93 Å². The molecule has 0 amide bonds. The van der Waals surface area contributed by atoms with Gasteiger partial charge in [0.2, 0.25) is 0 Å². The molecule has 0 spiro atoms. The molecule has 2 N–H and O–H groups in total. The molecule has 7 heteroatoms. The molecule has 1 saturated heterocycles. The molecule has 0 saturated carbocycles. The van der Waals surface area contributed by atoms with E-state index >= 15 is 0 Å². The molecule has 6 nitrogen and oxygen atoms in total. The summed E-state index contributed by atoms with van der Waals surface area (Å²) in [5, 5.41) is 4.12. The van der Waals surface area contributed by atoms with Crippen LogP contribution in [0.25, 0.3) is 0 Å². The first-order valence-corrected chi connectivity index (χ1v) is 11.0. The van der Waals surface area contributed by atoms with Gasteiger partial charge in [-0.05, 0) is 49.7 Å². The van der Waals surface area contributed by atoms with Gasteiger partial charge < -0.3 is 9.64 Å². The summed E-state index contributed by atoms with van der Waals surface area (Å²) < 4.78 is 30.4. The first-order valence-electron chi connectivity index (χ1n) is 9.52. The van der Waals surface area contributed by atoms with Crippen molar-refractivity contribution in [3.8, 4) is 5.75 Å². The maximum atomic E-state index is 12.4. The second-order valence-electron chi connectivity index (χ2n) is 7.27. The Kier molecular flexibility index (Phi) is 6.36. The Morgan fingerprint density at radius 3 is 2.46 bits per heavy atom. The fourth-order valence-corrected chi connectivity index (χ4v) is 4.28. The van der Waals surface area contributed by atoms with Crippen LogP contribution in [0, 0.1) is 6.92 Å². The monoisotopic (exact) mass is 402 g/mol. The third kappa shape index (κ3) is 4.91. The number of hydrogen-bond donors (Lipinski definition) is 2. The fraction of sp³-hybridized carbons (Fsp3) is 0.381. The van der Waals surface area contributed by atoms with Crippen molar-refractivity contribution in [3.63, 3.8) is 0 Å². The van der Waals surface area contributed by atoms with Crippen LogP contribution >= 0.6 is 0 Å². The predicted molar refractivity (Wildman–Crippen MR) is 110 cm³/mol. The number of aryl methyl sites for hydroxylation is 1. The molecule has 28 heavy (non-hydrogen) atoms. The van der Waals surface area contributed by atoms with Crippen molar-refractivity contribution >= 4 is 15.7 Å². The van der Waals surface area contributed by atoms with E-state index in [0.29, 0.717) is 5.71 Å². The van der Waals surface area contributed by atoms with Gasteiger partial charge in [0.25, 0.3) is 10.0 Å². The van der Waals surface area contributed by atoms with Gasteiger partial charge in [0.15, 0.2) is 0 Å². The van der Waals surface area contributed by atoms with E-state index in [1.165, 1.54) is 25.9 Å². The molecular weight excluding hydrogens is 374 g/mol. The molecule has 2 aromatic carbocycles. The Hall–Kier alpha value is -2.38. The van der Waals surface area contributed by atoms with Crippen LogP contribution in [-0.2, 0) is 16.6 Å². The van der Waals surface area contributed by atoms with Crippen molar-refractivity contribution in [3.05, 3.63) is 59.2 Å². The van der Waals surface area contributed by atoms with E-state index in [1.807, 2.05) is 25.1 Å². The molecular formula is C21H28N3O3S+. The average Bonchev–Trinajstić information content (AvgIpc) is 3.19. The second kappa shape index (κ2) is 8.75. The lowest BCUT2D eigenvalue weighted by atomic mass is 10.1. The molecule has 1 fully saturated rings. The minimum atomic E-state index is -3.69. The van der Waals surface area contributed by atoms with E-state index in [-0.39, 0.29) is 4.90 Å². The zero-order valence-electron chi connectivity index (χ0n) is 16.7. The minimum Gasteiger partial charge on any atom is -0.496 e. The first-order chi connectivity index (χ1) is 13.4. The van der Waals surface area contributed by atoms with E-state index in [1.54, 1.807) is 43.2 Å². The number of rotatable bonds is 7. The molecule has 1 heterocycles. The molecule has 2 aromatic rings. The van der Waals surface area contributed by atoms with Crippen LogP contribution in [-0.4, -0.2) is 34.3 Å². The molecule has 0 radical (unpaired) electrons. The van der Waals surface area contributed by atoms with Gasteiger partial charge in [0.05, 0.1) is 30.8 Å². The largest absolute Gasteiger partial charge is 0.496 e. The van der Waals surface area contributed by atoms with Crippen LogP contribution in [0.1, 0.15) is 36.5 Å². The number of benzene rings is 2. The van der Waals surface area contributed by atoms with Crippen molar-refractivity contribution in [2.24, 2.45) is 5.10 Å². The summed E-state index contributed by atoms with van der Waals surface area (Å²) in [4.78, 5) is 4.08. The topological polar surface area (TPSA) is 72.2 Å². The summed E-state index contributed by atoms with van der Waals surface area (Å²) in [7, 11) is -2.01. The number of hydrazone groups is 1. The maximum Gasteiger partial charge on any atom is 0.276 e. The molecule has 0 aromatic heterocycles. The molecule has 3 rings (SSSR count).